The van der Waals surface area contributed by atoms with Crippen molar-refractivity contribution in [2.45, 2.75) is 0 Å². The predicted molar refractivity (Wildman–Crippen MR) is 235 cm³/mol. The summed E-state index contributed by atoms with van der Waals surface area (Å²) in [6.45, 7) is 0. The molecule has 0 radical (unpaired) electrons. The molecule has 3 N–H and O–H groups in total. The Balaban J connectivity index is 1.22. The van der Waals surface area contributed by atoms with Crippen LogP contribution in [0.3, 0.4) is 0 Å². The molecule has 2 aromatic heterocycles. The fourth-order valence-electron chi connectivity index (χ4n) is 7.24. The summed E-state index contributed by atoms with van der Waals surface area (Å²) in [5.41, 5.74) is 16.8. The molecule has 1 aliphatic carbocycles. The van der Waals surface area contributed by atoms with E-state index in [2.05, 4.69) is 145 Å². The number of nitrogens with one attached hydrogen (secondary N) is 1. The second-order valence-corrected chi connectivity index (χ2v) is 13.9. The summed E-state index contributed by atoms with van der Waals surface area (Å²) in [5, 5.41) is 14.7. The van der Waals surface area contributed by atoms with E-state index in [0.717, 1.165) is 78.2 Å². The molecule has 8 aromatic rings. The van der Waals surface area contributed by atoms with Gasteiger partial charge in [-0.1, -0.05) is 139 Å². The van der Waals surface area contributed by atoms with Crippen LogP contribution in [0, 0.1) is 5.41 Å². The minimum Gasteiger partial charge on any atom is -0.298 e. The van der Waals surface area contributed by atoms with Crippen LogP contribution in [-0.4, -0.2) is 21.4 Å². The molecule has 0 aliphatic heterocycles. The first-order valence-electron chi connectivity index (χ1n) is 19.0. The summed E-state index contributed by atoms with van der Waals surface area (Å²) >= 11 is 0. The van der Waals surface area contributed by atoms with E-state index in [1.54, 1.807) is 11.6 Å². The van der Waals surface area contributed by atoms with Crippen LogP contribution in [0.1, 0.15) is 11.1 Å². The second-order valence-electron chi connectivity index (χ2n) is 13.9. The third-order valence-electron chi connectivity index (χ3n) is 10.1. The van der Waals surface area contributed by atoms with Crippen molar-refractivity contribution in [2.75, 3.05) is 0 Å². The van der Waals surface area contributed by atoms with Crippen LogP contribution in [0.2, 0.25) is 0 Å². The van der Waals surface area contributed by atoms with Crippen LogP contribution in [-0.2, 0) is 0 Å². The molecule has 0 saturated carbocycles. The van der Waals surface area contributed by atoms with Gasteiger partial charge in [0.25, 0.3) is 5.82 Å². The molecule has 0 fully saturated rings. The van der Waals surface area contributed by atoms with Crippen molar-refractivity contribution in [3.05, 3.63) is 224 Å². The minimum absolute atomic E-state index is 0.317. The quantitative estimate of drug-likeness (QED) is 0.0880. The van der Waals surface area contributed by atoms with Gasteiger partial charge < -0.3 is 0 Å². The summed E-state index contributed by atoms with van der Waals surface area (Å²) in [5.74, 6) is 0.679. The number of allylic oxidation sites excluding steroid dienone is 4. The van der Waals surface area contributed by atoms with Crippen molar-refractivity contribution in [2.24, 2.45) is 5.10 Å². The minimum atomic E-state index is 0.317. The maximum absolute atomic E-state index is 9.62. The Bertz CT molecular complexity index is 2680. The van der Waals surface area contributed by atoms with Crippen LogP contribution in [0.25, 0.3) is 67.0 Å². The van der Waals surface area contributed by atoms with Crippen molar-refractivity contribution >= 4 is 28.4 Å². The van der Waals surface area contributed by atoms with Gasteiger partial charge in [0.2, 0.25) is 0 Å². The Morgan fingerprint density at radius 1 is 0.404 bits per heavy atom. The zero-order chi connectivity index (χ0) is 38.4. The SMILES string of the molecule is N=C1C=C(c2cc(-c3ccccc3)cc(-c3ccccc3)c2)C=C(c2cc(-c3ccccc3)cc(-c3ccccc3)c2)/C1=N/[NH2+]c1cccc(-c2ccccn2)n1. The maximum Gasteiger partial charge on any atom is 0.251 e. The molecule has 0 spiro atoms. The van der Waals surface area contributed by atoms with Crippen LogP contribution >= 0.6 is 0 Å². The van der Waals surface area contributed by atoms with E-state index < -0.39 is 0 Å². The summed E-state index contributed by atoms with van der Waals surface area (Å²) in [7, 11) is 0. The van der Waals surface area contributed by atoms with E-state index in [-0.39, 0.29) is 0 Å². The van der Waals surface area contributed by atoms with Crippen molar-refractivity contribution < 1.29 is 5.43 Å². The first kappa shape index (κ1) is 35.1. The smallest absolute Gasteiger partial charge is 0.251 e. The highest BCUT2D eigenvalue weighted by molar-refractivity contribution is 6.62. The number of nitrogens with two attached hydrogens (primary N) is 1. The Morgan fingerprint density at radius 3 is 1.35 bits per heavy atom. The third kappa shape index (κ3) is 7.82. The molecular formula is C52H38N5+. The highest BCUT2D eigenvalue weighted by Gasteiger charge is 2.24. The average molecular weight is 733 g/mol. The molecule has 0 bridgehead atoms. The van der Waals surface area contributed by atoms with E-state index >= 15 is 0 Å². The van der Waals surface area contributed by atoms with Gasteiger partial charge in [-0.25, -0.2) is 0 Å². The zero-order valence-corrected chi connectivity index (χ0v) is 31.1. The lowest BCUT2D eigenvalue weighted by molar-refractivity contribution is -0.580. The van der Waals surface area contributed by atoms with Crippen molar-refractivity contribution in [3.8, 4) is 55.9 Å². The van der Waals surface area contributed by atoms with Gasteiger partial charge >= 0.3 is 0 Å². The van der Waals surface area contributed by atoms with E-state index in [1.807, 2.05) is 66.7 Å². The van der Waals surface area contributed by atoms with Gasteiger partial charge in [-0.3, -0.25) is 10.4 Å². The Labute approximate surface area is 332 Å². The molecular weight excluding hydrogens is 695 g/mol. The van der Waals surface area contributed by atoms with Gasteiger partial charge in [-0.15, -0.1) is 0 Å². The summed E-state index contributed by atoms with van der Waals surface area (Å²) in [6, 6.07) is 66.9. The molecule has 5 heteroatoms. The number of nitrogens with zero attached hydrogens (tertiary/aromatic N) is 3. The number of pyridine rings is 2. The first-order chi connectivity index (χ1) is 28.1. The van der Waals surface area contributed by atoms with Gasteiger partial charge in [-0.2, -0.15) is 10.4 Å². The van der Waals surface area contributed by atoms with E-state index in [4.69, 9.17) is 10.1 Å². The van der Waals surface area contributed by atoms with Crippen molar-refractivity contribution in [1.29, 1.82) is 5.41 Å². The molecule has 0 unspecified atom stereocenters. The molecule has 57 heavy (non-hydrogen) atoms. The molecule has 9 rings (SSSR count). The Morgan fingerprint density at radius 2 is 0.860 bits per heavy atom. The molecule has 2 heterocycles. The second kappa shape index (κ2) is 16.0. The van der Waals surface area contributed by atoms with E-state index in [0.29, 0.717) is 17.2 Å². The van der Waals surface area contributed by atoms with Gasteiger partial charge in [0, 0.05) is 17.8 Å². The number of quaternary nitrogens is 1. The summed E-state index contributed by atoms with van der Waals surface area (Å²) in [4.78, 5) is 9.36. The highest BCUT2D eigenvalue weighted by atomic mass is 15.3. The molecule has 0 amide bonds. The van der Waals surface area contributed by atoms with Crippen LogP contribution in [0.15, 0.2) is 218 Å². The molecule has 1 aliphatic rings. The standard InChI is InChI=1S/C52H37N5/c53-48-35-45(44-30-40(36-16-5-1-6-17-36)28-41(31-44)37-18-7-2-8-19-37)34-47(52(48)57-56-51-26-15-25-50(55-51)49-24-13-14-27-54-49)46-32-42(38-20-9-3-10-21-38)29-43(33-46)39-22-11-4-12-23-39/h1-35,53H,(H,55,56)/p+1/b53-48?,57-52-. The largest absolute Gasteiger partial charge is 0.298 e. The fraction of sp³-hybridized carbons (Fsp3) is 0. The summed E-state index contributed by atoms with van der Waals surface area (Å²) < 4.78 is 0. The predicted octanol–water partition coefficient (Wildman–Crippen LogP) is 11.6. The molecule has 0 saturated heterocycles. The summed E-state index contributed by atoms with van der Waals surface area (Å²) in [6.07, 6.45) is 5.90. The van der Waals surface area contributed by atoms with E-state index in [9.17, 15) is 5.41 Å². The van der Waals surface area contributed by atoms with Crippen LogP contribution in [0.4, 0.5) is 5.82 Å². The van der Waals surface area contributed by atoms with Crippen molar-refractivity contribution in [3.63, 3.8) is 0 Å². The van der Waals surface area contributed by atoms with Crippen molar-refractivity contribution in [1.82, 2.24) is 9.97 Å². The molecule has 5 nitrogen and oxygen atoms in total. The fourth-order valence-corrected chi connectivity index (χ4v) is 7.24. The van der Waals surface area contributed by atoms with Gasteiger partial charge in [-0.05, 0) is 128 Å². The van der Waals surface area contributed by atoms with Gasteiger partial charge in [0.1, 0.15) is 0 Å². The number of aromatic nitrogens is 2. The molecule has 0 atom stereocenters. The topological polar surface area (TPSA) is 78.6 Å². The zero-order valence-electron chi connectivity index (χ0n) is 31.1. The number of hydrogen-bond donors (Lipinski definition) is 2. The lowest BCUT2D eigenvalue weighted by Crippen LogP contribution is -2.72. The maximum atomic E-state index is 9.62. The third-order valence-corrected chi connectivity index (χ3v) is 10.1. The average Bonchev–Trinajstić information content (AvgIpc) is 3.29. The van der Waals surface area contributed by atoms with Crippen LogP contribution in [0.5, 0.6) is 0 Å². The lowest BCUT2D eigenvalue weighted by atomic mass is 9.84. The number of benzene rings is 6. The van der Waals surface area contributed by atoms with Gasteiger partial charge in [0.15, 0.2) is 5.71 Å². The Hall–Kier alpha value is -7.60. The van der Waals surface area contributed by atoms with E-state index in [1.165, 1.54) is 0 Å². The monoisotopic (exact) mass is 732 g/mol. The van der Waals surface area contributed by atoms with Gasteiger partial charge in [0.05, 0.1) is 17.1 Å². The molecule has 270 valence electrons. The normalized spacial score (nSPS) is 13.3. The number of rotatable bonds is 9. The lowest BCUT2D eigenvalue weighted by Gasteiger charge is -2.20. The molecule has 6 aromatic carbocycles. The number of hydrogen-bond acceptors (Lipinski definition) is 4. The highest BCUT2D eigenvalue weighted by Crippen LogP contribution is 2.37. The Kier molecular flexibility index (Phi) is 9.87. The van der Waals surface area contributed by atoms with Crippen LogP contribution < -0.4 is 5.43 Å². The first-order valence-corrected chi connectivity index (χ1v) is 19.0.